The minimum absolute atomic E-state index is 0. The van der Waals surface area contributed by atoms with Gasteiger partial charge < -0.3 is 14.9 Å². The van der Waals surface area contributed by atoms with Crippen molar-refractivity contribution in [3.8, 4) is 11.5 Å². The van der Waals surface area contributed by atoms with E-state index in [-0.39, 0.29) is 34.7 Å². The maximum atomic E-state index is 9.58. The summed E-state index contributed by atoms with van der Waals surface area (Å²) in [5.41, 5.74) is 0.487. The molecule has 2 aromatic carbocycles. The van der Waals surface area contributed by atoms with E-state index in [1.54, 1.807) is 30.3 Å². The maximum Gasteiger partial charge on any atom is 0.244 e. The SMILES string of the molecule is OC(COc1ccc(Cl)cc1Cl)=NN=Cc1ccccc1O.[Ni]. The van der Waals surface area contributed by atoms with Gasteiger partial charge in [0.25, 0.3) is 0 Å². The van der Waals surface area contributed by atoms with Gasteiger partial charge >= 0.3 is 0 Å². The zero-order chi connectivity index (χ0) is 15.9. The van der Waals surface area contributed by atoms with Crippen molar-refractivity contribution in [3.63, 3.8) is 0 Å². The fourth-order valence-electron chi connectivity index (χ4n) is 1.52. The summed E-state index contributed by atoms with van der Waals surface area (Å²) in [5, 5.41) is 27.2. The molecule has 0 fully saturated rings. The normalized spacial score (nSPS) is 11.3. The molecule has 0 heterocycles. The summed E-state index contributed by atoms with van der Waals surface area (Å²) in [6, 6.07) is 11.4. The van der Waals surface area contributed by atoms with Crippen LogP contribution in [0, 0.1) is 0 Å². The summed E-state index contributed by atoms with van der Waals surface area (Å²) >= 11 is 11.7. The summed E-state index contributed by atoms with van der Waals surface area (Å²) < 4.78 is 5.29. The molecule has 0 unspecified atom stereocenters. The van der Waals surface area contributed by atoms with Gasteiger partial charge in [0.1, 0.15) is 11.5 Å². The molecule has 0 aliphatic heterocycles. The molecule has 0 bridgehead atoms. The van der Waals surface area contributed by atoms with E-state index in [0.29, 0.717) is 21.4 Å². The van der Waals surface area contributed by atoms with Crippen molar-refractivity contribution in [1.29, 1.82) is 0 Å². The largest absolute Gasteiger partial charge is 0.507 e. The number of phenols is 1. The second-order valence-corrected chi connectivity index (χ2v) is 5.03. The monoisotopic (exact) mass is 396 g/mol. The van der Waals surface area contributed by atoms with E-state index in [1.165, 1.54) is 18.3 Å². The van der Waals surface area contributed by atoms with Crippen LogP contribution in [0.3, 0.4) is 0 Å². The van der Waals surface area contributed by atoms with Crippen LogP contribution in [-0.2, 0) is 16.5 Å². The minimum atomic E-state index is -0.335. The van der Waals surface area contributed by atoms with Gasteiger partial charge in [-0.2, -0.15) is 5.10 Å². The van der Waals surface area contributed by atoms with Gasteiger partial charge in [-0.3, -0.25) is 0 Å². The third kappa shape index (κ3) is 6.10. The predicted octanol–water partition coefficient (Wildman–Crippen LogP) is 4.07. The number of hydrogen-bond acceptors (Lipinski definition) is 4. The van der Waals surface area contributed by atoms with Crippen LogP contribution >= 0.6 is 23.2 Å². The average Bonchev–Trinajstić information content (AvgIpc) is 2.48. The van der Waals surface area contributed by atoms with Gasteiger partial charge in [0.2, 0.25) is 5.90 Å². The van der Waals surface area contributed by atoms with Crippen molar-refractivity contribution in [3.05, 3.63) is 58.1 Å². The number of aliphatic hydroxyl groups excluding tert-OH is 1. The predicted molar refractivity (Wildman–Crippen MR) is 87.7 cm³/mol. The first-order chi connectivity index (χ1) is 10.6. The van der Waals surface area contributed by atoms with Gasteiger partial charge in [0.05, 0.1) is 11.2 Å². The molecule has 5 nitrogen and oxygen atoms in total. The smallest absolute Gasteiger partial charge is 0.244 e. The fourth-order valence-corrected chi connectivity index (χ4v) is 1.98. The molecule has 0 aromatic heterocycles. The molecule has 0 atom stereocenters. The Balaban J connectivity index is 0.00000264. The van der Waals surface area contributed by atoms with E-state index in [9.17, 15) is 10.2 Å². The molecule has 23 heavy (non-hydrogen) atoms. The van der Waals surface area contributed by atoms with Crippen molar-refractivity contribution < 1.29 is 31.4 Å². The van der Waals surface area contributed by atoms with Crippen LogP contribution < -0.4 is 4.74 Å². The van der Waals surface area contributed by atoms with E-state index in [2.05, 4.69) is 10.2 Å². The second kappa shape index (κ2) is 9.41. The zero-order valence-electron chi connectivity index (χ0n) is 11.6. The third-order valence-corrected chi connectivity index (χ3v) is 3.09. The topological polar surface area (TPSA) is 74.4 Å². The Morgan fingerprint density at radius 2 is 1.91 bits per heavy atom. The standard InChI is InChI=1S/C15H12Cl2N2O3.Ni/c16-11-5-6-14(12(17)7-11)22-9-15(21)19-18-8-10-3-1-2-4-13(10)20;/h1-8,20H,9H2,(H,19,21);. The minimum Gasteiger partial charge on any atom is -0.507 e. The van der Waals surface area contributed by atoms with Crippen molar-refractivity contribution in [2.45, 2.75) is 0 Å². The second-order valence-electron chi connectivity index (χ2n) is 4.18. The Morgan fingerprint density at radius 1 is 1.17 bits per heavy atom. The quantitative estimate of drug-likeness (QED) is 0.345. The van der Waals surface area contributed by atoms with Gasteiger partial charge in [0.15, 0.2) is 6.61 Å². The number of hydrogen-bond donors (Lipinski definition) is 2. The number of para-hydroxylation sites is 1. The number of halogens is 2. The van der Waals surface area contributed by atoms with Crippen LogP contribution in [0.2, 0.25) is 10.0 Å². The Hall–Kier alpha value is -1.75. The van der Waals surface area contributed by atoms with E-state index in [0.717, 1.165) is 0 Å². The average molecular weight is 398 g/mol. The first-order valence-electron chi connectivity index (χ1n) is 6.21. The van der Waals surface area contributed by atoms with Gasteiger partial charge in [-0.15, -0.1) is 5.10 Å². The number of rotatable bonds is 5. The molecule has 0 spiro atoms. The zero-order valence-corrected chi connectivity index (χ0v) is 14.1. The number of aliphatic hydroxyl groups is 1. The number of nitrogens with zero attached hydrogens (tertiary/aromatic N) is 2. The summed E-state index contributed by atoms with van der Waals surface area (Å²) in [6.45, 7) is -0.195. The Labute approximate surface area is 153 Å². The molecule has 8 heteroatoms. The molecular weight excluding hydrogens is 386 g/mol. The number of ether oxygens (including phenoxy) is 1. The van der Waals surface area contributed by atoms with E-state index in [4.69, 9.17) is 27.9 Å². The van der Waals surface area contributed by atoms with Crippen molar-refractivity contribution >= 4 is 35.3 Å². The number of benzene rings is 2. The molecule has 0 aliphatic rings. The fraction of sp³-hybridized carbons (Fsp3) is 0.0667. The third-order valence-electron chi connectivity index (χ3n) is 2.56. The Kier molecular flexibility index (Phi) is 7.89. The van der Waals surface area contributed by atoms with Crippen LogP contribution in [0.15, 0.2) is 52.7 Å². The molecule has 2 rings (SSSR count). The molecular formula is C15H12Cl2N2NiO3. The van der Waals surface area contributed by atoms with Gasteiger partial charge in [-0.25, -0.2) is 0 Å². The first-order valence-corrected chi connectivity index (χ1v) is 6.96. The van der Waals surface area contributed by atoms with E-state index >= 15 is 0 Å². The van der Waals surface area contributed by atoms with Gasteiger partial charge in [0, 0.05) is 27.1 Å². The van der Waals surface area contributed by atoms with Gasteiger partial charge in [-0.05, 0) is 30.3 Å². The number of aromatic hydroxyl groups is 1. The van der Waals surface area contributed by atoms with Crippen LogP contribution in [0.1, 0.15) is 5.56 Å². The van der Waals surface area contributed by atoms with Crippen LogP contribution in [-0.4, -0.2) is 28.9 Å². The molecule has 0 amide bonds. The first kappa shape index (κ1) is 19.3. The summed E-state index contributed by atoms with van der Waals surface area (Å²) in [7, 11) is 0. The molecule has 2 N–H and O–H groups in total. The molecule has 2 aromatic rings. The van der Waals surface area contributed by atoms with Crippen molar-refractivity contribution in [2.75, 3.05) is 6.61 Å². The number of phenolic OH excluding ortho intramolecular Hbond substituents is 1. The van der Waals surface area contributed by atoms with Crippen LogP contribution in [0.25, 0.3) is 0 Å². The summed E-state index contributed by atoms with van der Waals surface area (Å²) in [6.07, 6.45) is 1.32. The van der Waals surface area contributed by atoms with Crippen molar-refractivity contribution in [2.24, 2.45) is 10.2 Å². The summed E-state index contributed by atoms with van der Waals surface area (Å²) in [4.78, 5) is 0. The molecule has 0 radical (unpaired) electrons. The molecule has 0 aliphatic carbocycles. The maximum absolute atomic E-state index is 9.58. The van der Waals surface area contributed by atoms with E-state index < -0.39 is 0 Å². The van der Waals surface area contributed by atoms with Gasteiger partial charge in [-0.1, -0.05) is 35.3 Å². The molecule has 0 saturated heterocycles. The Bertz CT molecular complexity index is 724. The molecule has 124 valence electrons. The van der Waals surface area contributed by atoms with Crippen molar-refractivity contribution in [1.82, 2.24) is 0 Å². The molecule has 0 saturated carbocycles. The van der Waals surface area contributed by atoms with Crippen LogP contribution in [0.5, 0.6) is 11.5 Å². The Morgan fingerprint density at radius 3 is 2.61 bits per heavy atom. The van der Waals surface area contributed by atoms with E-state index in [1.807, 2.05) is 0 Å². The summed E-state index contributed by atoms with van der Waals surface area (Å²) in [5.74, 6) is 0.111. The van der Waals surface area contributed by atoms with Crippen LogP contribution in [0.4, 0.5) is 0 Å².